The number of anilines is 1. The van der Waals surface area contributed by atoms with Crippen molar-refractivity contribution < 1.29 is 17.7 Å². The minimum atomic E-state index is -3.70. The Balaban J connectivity index is 1.29. The number of rotatable bonds is 6. The third kappa shape index (κ3) is 4.92. The van der Waals surface area contributed by atoms with E-state index in [0.717, 1.165) is 11.3 Å². The number of aromatic nitrogens is 2. The van der Waals surface area contributed by atoms with E-state index in [4.69, 9.17) is 4.52 Å². The topological polar surface area (TPSA) is 109 Å². The number of sulfonamides is 1. The average Bonchev–Trinajstić information content (AvgIpc) is 3.25. The van der Waals surface area contributed by atoms with Gasteiger partial charge in [0.15, 0.2) is 0 Å². The summed E-state index contributed by atoms with van der Waals surface area (Å²) >= 11 is 0. The second-order valence-electron chi connectivity index (χ2n) is 7.19. The Bertz CT molecular complexity index is 1140. The molecule has 2 aromatic carbocycles. The lowest BCUT2D eigenvalue weighted by Gasteiger charge is -2.36. The van der Waals surface area contributed by atoms with E-state index in [9.17, 15) is 13.2 Å². The van der Waals surface area contributed by atoms with Gasteiger partial charge in [-0.25, -0.2) is 13.1 Å². The molecule has 1 aliphatic rings. The molecule has 1 fully saturated rings. The van der Waals surface area contributed by atoms with Crippen LogP contribution in [0.4, 0.5) is 5.69 Å². The maximum absolute atomic E-state index is 12.5. The maximum Gasteiger partial charge on any atom is 0.241 e. The van der Waals surface area contributed by atoms with E-state index in [1.807, 2.05) is 24.3 Å². The zero-order chi connectivity index (χ0) is 21.8. The predicted octanol–water partition coefficient (Wildman–Crippen LogP) is 1.67. The summed E-state index contributed by atoms with van der Waals surface area (Å²) in [7, 11) is -3.70. The summed E-state index contributed by atoms with van der Waals surface area (Å²) in [6, 6.07) is 15.9. The quantitative estimate of drug-likeness (QED) is 0.620. The summed E-state index contributed by atoms with van der Waals surface area (Å²) in [5.41, 5.74) is 1.92. The van der Waals surface area contributed by atoms with E-state index < -0.39 is 10.0 Å². The Labute approximate surface area is 180 Å². The van der Waals surface area contributed by atoms with Gasteiger partial charge in [0.2, 0.25) is 27.6 Å². The minimum Gasteiger partial charge on any atom is -0.368 e. The number of carbonyl (C=O) groups is 1. The molecule has 1 aromatic heterocycles. The first kappa shape index (κ1) is 21.0. The fourth-order valence-corrected chi connectivity index (χ4v) is 4.40. The largest absolute Gasteiger partial charge is 0.368 e. The Hall–Kier alpha value is -3.24. The maximum atomic E-state index is 12.5. The van der Waals surface area contributed by atoms with Crippen LogP contribution in [0, 0.1) is 6.92 Å². The van der Waals surface area contributed by atoms with Crippen LogP contribution >= 0.6 is 0 Å². The molecule has 0 aliphatic carbocycles. The summed E-state index contributed by atoms with van der Waals surface area (Å²) in [5.74, 6) is 0.838. The molecule has 1 amide bonds. The van der Waals surface area contributed by atoms with Crippen LogP contribution in [0.1, 0.15) is 5.89 Å². The van der Waals surface area contributed by atoms with Crippen LogP contribution in [0.25, 0.3) is 11.4 Å². The minimum absolute atomic E-state index is 0.145. The van der Waals surface area contributed by atoms with Crippen LogP contribution in [0.15, 0.2) is 64.0 Å². The van der Waals surface area contributed by atoms with Gasteiger partial charge in [0.25, 0.3) is 0 Å². The number of amides is 1. The van der Waals surface area contributed by atoms with Crippen LogP contribution < -0.4 is 9.62 Å². The third-order valence-corrected chi connectivity index (χ3v) is 6.53. The number of benzene rings is 2. The van der Waals surface area contributed by atoms with Crippen LogP contribution in [0.2, 0.25) is 0 Å². The average molecular weight is 442 g/mol. The van der Waals surface area contributed by atoms with Crippen LogP contribution in [0.5, 0.6) is 0 Å². The number of carbonyl (C=O) groups excluding carboxylic acids is 1. The number of nitrogens with zero attached hydrogens (tertiary/aromatic N) is 4. The highest BCUT2D eigenvalue weighted by molar-refractivity contribution is 7.89. The predicted molar refractivity (Wildman–Crippen MR) is 115 cm³/mol. The molecule has 1 saturated heterocycles. The molecular formula is C21H23N5O4S. The molecule has 31 heavy (non-hydrogen) atoms. The molecule has 0 bridgehead atoms. The highest BCUT2D eigenvalue weighted by Crippen LogP contribution is 2.22. The van der Waals surface area contributed by atoms with Crippen molar-refractivity contribution in [2.45, 2.75) is 11.8 Å². The molecule has 0 saturated carbocycles. The zero-order valence-electron chi connectivity index (χ0n) is 17.1. The number of hydrogen-bond acceptors (Lipinski definition) is 7. The fourth-order valence-electron chi connectivity index (χ4n) is 3.40. The molecule has 10 heteroatoms. The van der Waals surface area contributed by atoms with Gasteiger partial charge in [-0.1, -0.05) is 23.4 Å². The van der Waals surface area contributed by atoms with Crippen molar-refractivity contribution in [3.63, 3.8) is 0 Å². The molecule has 2 heterocycles. The van der Waals surface area contributed by atoms with Crippen LogP contribution in [-0.4, -0.2) is 62.1 Å². The smallest absolute Gasteiger partial charge is 0.241 e. The number of hydrogen-bond donors (Lipinski definition) is 1. The third-order valence-electron chi connectivity index (χ3n) is 5.12. The lowest BCUT2D eigenvalue weighted by Crippen LogP contribution is -2.51. The van der Waals surface area contributed by atoms with Gasteiger partial charge in [0.05, 0.1) is 11.4 Å². The van der Waals surface area contributed by atoms with Crippen molar-refractivity contribution in [1.82, 2.24) is 19.8 Å². The monoisotopic (exact) mass is 441 g/mol. The van der Waals surface area contributed by atoms with Crippen molar-refractivity contribution in [3.05, 3.63) is 60.5 Å². The molecule has 3 aromatic rings. The summed E-state index contributed by atoms with van der Waals surface area (Å²) in [6.07, 6.45) is 0. The van der Waals surface area contributed by atoms with Crippen molar-refractivity contribution in [2.75, 3.05) is 37.6 Å². The van der Waals surface area contributed by atoms with Crippen molar-refractivity contribution in [2.24, 2.45) is 0 Å². The molecule has 0 spiro atoms. The van der Waals surface area contributed by atoms with Crippen LogP contribution in [0.3, 0.4) is 0 Å². The van der Waals surface area contributed by atoms with E-state index in [1.54, 1.807) is 30.0 Å². The molecular weight excluding hydrogens is 418 g/mol. The van der Waals surface area contributed by atoms with Crippen molar-refractivity contribution in [3.8, 4) is 11.4 Å². The molecule has 0 atom stereocenters. The lowest BCUT2D eigenvalue weighted by molar-refractivity contribution is -0.130. The highest BCUT2D eigenvalue weighted by atomic mass is 32.2. The number of aryl methyl sites for hydroxylation is 1. The first-order chi connectivity index (χ1) is 14.9. The molecule has 0 radical (unpaired) electrons. The van der Waals surface area contributed by atoms with E-state index in [0.29, 0.717) is 37.9 Å². The first-order valence-corrected chi connectivity index (χ1v) is 11.4. The molecule has 1 N–H and O–H groups in total. The number of piperazine rings is 1. The van der Waals surface area contributed by atoms with Crippen molar-refractivity contribution in [1.29, 1.82) is 0 Å². The Morgan fingerprint density at radius 1 is 1.03 bits per heavy atom. The summed E-state index contributed by atoms with van der Waals surface area (Å²) in [6.45, 7) is 3.87. The molecule has 0 unspecified atom stereocenters. The molecule has 9 nitrogen and oxygen atoms in total. The van der Waals surface area contributed by atoms with Gasteiger partial charge in [0.1, 0.15) is 0 Å². The first-order valence-electron chi connectivity index (χ1n) is 9.90. The Morgan fingerprint density at radius 2 is 1.71 bits per heavy atom. The van der Waals surface area contributed by atoms with E-state index in [1.165, 1.54) is 12.1 Å². The molecule has 4 rings (SSSR count). The SMILES string of the molecule is Cc1nc(-c2ccc(N3CCN(C(=O)CNS(=O)(=O)c4ccccc4)CC3)cc2)no1. The molecule has 1 aliphatic heterocycles. The number of nitrogens with one attached hydrogen (secondary N) is 1. The zero-order valence-corrected chi connectivity index (χ0v) is 17.9. The van der Waals surface area contributed by atoms with Gasteiger partial charge in [-0.05, 0) is 36.4 Å². The van der Waals surface area contributed by atoms with Gasteiger partial charge in [0, 0.05) is 44.4 Å². The normalized spacial score (nSPS) is 14.6. The van der Waals surface area contributed by atoms with Gasteiger partial charge < -0.3 is 14.3 Å². The second kappa shape index (κ2) is 8.86. The van der Waals surface area contributed by atoms with E-state index >= 15 is 0 Å². The molecule has 162 valence electrons. The van der Waals surface area contributed by atoms with Crippen molar-refractivity contribution >= 4 is 21.6 Å². The Kier molecular flexibility index (Phi) is 6.01. The highest BCUT2D eigenvalue weighted by Gasteiger charge is 2.23. The van der Waals surface area contributed by atoms with Crippen LogP contribution in [-0.2, 0) is 14.8 Å². The van der Waals surface area contributed by atoms with E-state index in [-0.39, 0.29) is 17.3 Å². The fraction of sp³-hybridized carbons (Fsp3) is 0.286. The van der Waals surface area contributed by atoms with Gasteiger partial charge in [-0.3, -0.25) is 4.79 Å². The standard InChI is InChI=1S/C21H23N5O4S/c1-16-23-21(24-30-16)17-7-9-18(10-8-17)25-11-13-26(14-12-25)20(27)15-22-31(28,29)19-5-3-2-4-6-19/h2-10,22H,11-15H2,1H3. The summed E-state index contributed by atoms with van der Waals surface area (Å²) < 4.78 is 32.0. The van der Waals surface area contributed by atoms with E-state index in [2.05, 4.69) is 19.8 Å². The Morgan fingerprint density at radius 3 is 2.32 bits per heavy atom. The summed E-state index contributed by atoms with van der Waals surface area (Å²) in [4.78, 5) is 20.7. The second-order valence-corrected chi connectivity index (χ2v) is 8.96. The van der Waals surface area contributed by atoms with Gasteiger partial charge >= 0.3 is 0 Å². The lowest BCUT2D eigenvalue weighted by atomic mass is 10.1. The summed E-state index contributed by atoms with van der Waals surface area (Å²) in [5, 5.41) is 3.92. The van der Waals surface area contributed by atoms with Gasteiger partial charge in [-0.2, -0.15) is 4.98 Å². The van der Waals surface area contributed by atoms with Gasteiger partial charge in [-0.15, -0.1) is 0 Å².